The van der Waals surface area contributed by atoms with E-state index >= 15 is 0 Å². The first kappa shape index (κ1) is 10.9. The molecule has 0 unspecified atom stereocenters. The van der Waals surface area contributed by atoms with Crippen LogP contribution >= 0.6 is 0 Å². The number of pyridine rings is 1. The summed E-state index contributed by atoms with van der Waals surface area (Å²) in [7, 11) is 0. The van der Waals surface area contributed by atoms with Crippen LogP contribution in [0.3, 0.4) is 0 Å². The number of hydrogen-bond donors (Lipinski definition) is 1. The van der Waals surface area contributed by atoms with Gasteiger partial charge in [0.15, 0.2) is 0 Å². The minimum Gasteiger partial charge on any atom is -0.316 e. The Labute approximate surface area is 86.1 Å². The molecule has 0 fully saturated rings. The van der Waals surface area contributed by atoms with Crippen molar-refractivity contribution < 1.29 is 0 Å². The molecule has 0 aromatic carbocycles. The van der Waals surface area contributed by atoms with Crippen LogP contribution in [0.5, 0.6) is 0 Å². The molecule has 0 saturated carbocycles. The lowest BCUT2D eigenvalue weighted by molar-refractivity contribution is 0.688. The van der Waals surface area contributed by atoms with E-state index in [9.17, 15) is 0 Å². The Balaban J connectivity index is 2.05. The predicted octanol–water partition coefficient (Wildman–Crippen LogP) is 2.18. The van der Waals surface area contributed by atoms with Crippen LogP contribution in [0.4, 0.5) is 0 Å². The molecule has 0 aliphatic heterocycles. The lowest BCUT2D eigenvalue weighted by atomic mass is 10.2. The highest BCUT2D eigenvalue weighted by Crippen LogP contribution is 1.95. The molecule has 1 heterocycles. The number of allylic oxidation sites excluding steroid dienone is 1. The van der Waals surface area contributed by atoms with Gasteiger partial charge in [-0.1, -0.05) is 18.2 Å². The average molecular weight is 190 g/mol. The molecule has 0 spiro atoms. The van der Waals surface area contributed by atoms with Crippen molar-refractivity contribution in [2.45, 2.75) is 19.8 Å². The molecule has 2 nitrogen and oxygen atoms in total. The van der Waals surface area contributed by atoms with Gasteiger partial charge in [0.2, 0.25) is 0 Å². The Morgan fingerprint density at radius 1 is 1.43 bits per heavy atom. The van der Waals surface area contributed by atoms with Gasteiger partial charge in [0.1, 0.15) is 0 Å². The first-order valence-electron chi connectivity index (χ1n) is 5.14. The van der Waals surface area contributed by atoms with E-state index in [4.69, 9.17) is 0 Å². The Bertz CT molecular complexity index is 254. The largest absolute Gasteiger partial charge is 0.316 e. The second-order valence-electron chi connectivity index (χ2n) is 3.22. The zero-order valence-electron chi connectivity index (χ0n) is 8.74. The molecule has 2 heteroatoms. The standard InChI is InChI=1S/C12H18N2/c1-2-3-4-8-13-10-7-12-6-5-9-14-11-12/h2-3,5-6,9,11,13H,4,7-8,10H2,1H3/b3-2+. The van der Waals surface area contributed by atoms with Crippen molar-refractivity contribution in [3.63, 3.8) is 0 Å². The van der Waals surface area contributed by atoms with Crippen LogP contribution in [0.2, 0.25) is 0 Å². The summed E-state index contributed by atoms with van der Waals surface area (Å²) in [6.45, 7) is 4.14. The summed E-state index contributed by atoms with van der Waals surface area (Å²) in [6.07, 6.45) is 10.2. The van der Waals surface area contributed by atoms with Gasteiger partial charge >= 0.3 is 0 Å². The summed E-state index contributed by atoms with van der Waals surface area (Å²) in [6, 6.07) is 4.09. The molecule has 76 valence electrons. The number of hydrogen-bond acceptors (Lipinski definition) is 2. The van der Waals surface area contributed by atoms with Gasteiger partial charge in [-0.05, 0) is 44.5 Å². The van der Waals surface area contributed by atoms with Crippen molar-refractivity contribution in [2.75, 3.05) is 13.1 Å². The predicted molar refractivity (Wildman–Crippen MR) is 60.2 cm³/mol. The topological polar surface area (TPSA) is 24.9 Å². The summed E-state index contributed by atoms with van der Waals surface area (Å²) in [5, 5.41) is 3.39. The van der Waals surface area contributed by atoms with Crippen LogP contribution in [0.15, 0.2) is 36.7 Å². The maximum absolute atomic E-state index is 4.07. The van der Waals surface area contributed by atoms with Crippen molar-refractivity contribution in [3.8, 4) is 0 Å². The Hall–Kier alpha value is -1.15. The molecule has 14 heavy (non-hydrogen) atoms. The minimum absolute atomic E-state index is 1.03. The van der Waals surface area contributed by atoms with Gasteiger partial charge in [-0.2, -0.15) is 0 Å². The highest BCUT2D eigenvalue weighted by Gasteiger charge is 1.90. The molecule has 1 aromatic heterocycles. The van der Waals surface area contributed by atoms with E-state index in [1.807, 2.05) is 18.5 Å². The molecular formula is C12H18N2. The van der Waals surface area contributed by atoms with E-state index < -0.39 is 0 Å². The van der Waals surface area contributed by atoms with Gasteiger partial charge in [-0.3, -0.25) is 4.98 Å². The minimum atomic E-state index is 1.03. The Morgan fingerprint density at radius 3 is 3.07 bits per heavy atom. The maximum Gasteiger partial charge on any atom is 0.0300 e. The van der Waals surface area contributed by atoms with Crippen LogP contribution in [0, 0.1) is 0 Å². The zero-order valence-corrected chi connectivity index (χ0v) is 8.74. The summed E-state index contributed by atoms with van der Waals surface area (Å²) in [5.74, 6) is 0. The van der Waals surface area contributed by atoms with E-state index in [1.54, 1.807) is 0 Å². The van der Waals surface area contributed by atoms with Crippen molar-refractivity contribution in [2.24, 2.45) is 0 Å². The van der Waals surface area contributed by atoms with Crippen molar-refractivity contribution in [1.82, 2.24) is 10.3 Å². The normalized spacial score (nSPS) is 10.9. The van der Waals surface area contributed by atoms with E-state index in [-0.39, 0.29) is 0 Å². The lowest BCUT2D eigenvalue weighted by Crippen LogP contribution is -2.17. The van der Waals surface area contributed by atoms with Crippen LogP contribution in [-0.4, -0.2) is 18.1 Å². The number of aromatic nitrogens is 1. The molecule has 0 radical (unpaired) electrons. The van der Waals surface area contributed by atoms with Gasteiger partial charge in [0, 0.05) is 12.4 Å². The third-order valence-electron chi connectivity index (χ3n) is 2.04. The third-order valence-corrected chi connectivity index (χ3v) is 2.04. The molecule has 0 saturated heterocycles. The van der Waals surface area contributed by atoms with Crippen molar-refractivity contribution in [1.29, 1.82) is 0 Å². The van der Waals surface area contributed by atoms with E-state index in [1.165, 1.54) is 5.56 Å². The molecule has 0 amide bonds. The Kier molecular flexibility index (Phi) is 5.68. The smallest absolute Gasteiger partial charge is 0.0300 e. The summed E-state index contributed by atoms with van der Waals surface area (Å²) in [5.41, 5.74) is 1.30. The van der Waals surface area contributed by atoms with Crippen molar-refractivity contribution >= 4 is 0 Å². The summed E-state index contributed by atoms with van der Waals surface area (Å²) >= 11 is 0. The molecule has 1 aromatic rings. The third kappa shape index (κ3) is 4.77. The van der Waals surface area contributed by atoms with Gasteiger partial charge in [0.05, 0.1) is 0 Å². The van der Waals surface area contributed by atoms with Crippen LogP contribution in [0.25, 0.3) is 0 Å². The van der Waals surface area contributed by atoms with Crippen LogP contribution < -0.4 is 5.32 Å². The first-order valence-corrected chi connectivity index (χ1v) is 5.14. The number of nitrogens with zero attached hydrogens (tertiary/aromatic N) is 1. The quantitative estimate of drug-likeness (QED) is 0.549. The highest BCUT2D eigenvalue weighted by atomic mass is 14.8. The second kappa shape index (κ2) is 7.27. The second-order valence-corrected chi connectivity index (χ2v) is 3.22. The van der Waals surface area contributed by atoms with Gasteiger partial charge in [-0.25, -0.2) is 0 Å². The fraction of sp³-hybridized carbons (Fsp3) is 0.417. The van der Waals surface area contributed by atoms with Gasteiger partial charge < -0.3 is 5.32 Å². The van der Waals surface area contributed by atoms with Gasteiger partial charge in [-0.15, -0.1) is 0 Å². The molecule has 0 aliphatic carbocycles. The monoisotopic (exact) mass is 190 g/mol. The van der Waals surface area contributed by atoms with E-state index in [2.05, 4.69) is 35.4 Å². The van der Waals surface area contributed by atoms with Crippen LogP contribution in [-0.2, 0) is 6.42 Å². The lowest BCUT2D eigenvalue weighted by Gasteiger charge is -2.02. The zero-order chi connectivity index (χ0) is 10.1. The number of rotatable bonds is 6. The van der Waals surface area contributed by atoms with Crippen molar-refractivity contribution in [3.05, 3.63) is 42.2 Å². The van der Waals surface area contributed by atoms with E-state index in [0.29, 0.717) is 0 Å². The average Bonchev–Trinajstić information content (AvgIpc) is 2.25. The molecule has 0 aliphatic rings. The molecule has 1 N–H and O–H groups in total. The van der Waals surface area contributed by atoms with Crippen LogP contribution in [0.1, 0.15) is 18.9 Å². The fourth-order valence-corrected chi connectivity index (χ4v) is 1.26. The Morgan fingerprint density at radius 2 is 2.36 bits per heavy atom. The fourth-order valence-electron chi connectivity index (χ4n) is 1.26. The molecule has 0 bridgehead atoms. The first-order chi connectivity index (χ1) is 6.93. The SMILES string of the molecule is C/C=C/CCNCCc1cccnc1. The summed E-state index contributed by atoms with van der Waals surface area (Å²) < 4.78 is 0. The molecule has 1 rings (SSSR count). The molecular weight excluding hydrogens is 172 g/mol. The van der Waals surface area contributed by atoms with Gasteiger partial charge in [0.25, 0.3) is 0 Å². The summed E-state index contributed by atoms with van der Waals surface area (Å²) in [4.78, 5) is 4.07. The highest BCUT2D eigenvalue weighted by molar-refractivity contribution is 5.08. The van der Waals surface area contributed by atoms with E-state index in [0.717, 1.165) is 25.9 Å². The number of nitrogens with one attached hydrogen (secondary N) is 1. The molecule has 0 atom stereocenters. The maximum atomic E-state index is 4.07.